The van der Waals surface area contributed by atoms with Crippen molar-refractivity contribution >= 4 is 0 Å². The van der Waals surface area contributed by atoms with Crippen LogP contribution in [-0.2, 0) is 4.84 Å². The zero-order valence-electron chi connectivity index (χ0n) is 6.27. The average molecular weight is 118 g/mol. The van der Waals surface area contributed by atoms with Crippen LogP contribution in [0.15, 0.2) is 0 Å². The Labute approximate surface area is 51.6 Å². The molecule has 0 aliphatic heterocycles. The summed E-state index contributed by atoms with van der Waals surface area (Å²) >= 11 is 0. The minimum absolute atomic E-state index is 0.708. The van der Waals surface area contributed by atoms with E-state index in [0.29, 0.717) is 4.65 Å². The second-order valence-electron chi connectivity index (χ2n) is 2.11. The molecule has 0 rings (SSSR count). The van der Waals surface area contributed by atoms with Crippen LogP contribution in [0.1, 0.15) is 13.8 Å². The Bertz CT molecular complexity index is 51.3. The molecule has 0 amide bonds. The van der Waals surface area contributed by atoms with Gasteiger partial charge in [0.1, 0.15) is 13.1 Å². The number of hydrogen-bond acceptors (Lipinski definition) is 1. The molecule has 0 N–H and O–H groups in total. The predicted molar refractivity (Wildman–Crippen MR) is 34.3 cm³/mol. The third kappa shape index (κ3) is 1.80. The fourth-order valence-corrected chi connectivity index (χ4v) is 0.482. The molecule has 0 aliphatic rings. The smallest absolute Gasteiger partial charge is 0.106 e. The summed E-state index contributed by atoms with van der Waals surface area (Å²) in [6, 6.07) is 0. The van der Waals surface area contributed by atoms with E-state index < -0.39 is 0 Å². The van der Waals surface area contributed by atoms with E-state index in [0.717, 1.165) is 13.1 Å². The van der Waals surface area contributed by atoms with Gasteiger partial charge in [0.2, 0.25) is 0 Å². The fraction of sp³-hybridized carbons (Fsp3) is 1.00. The molecule has 8 heavy (non-hydrogen) atoms. The highest BCUT2D eigenvalue weighted by Gasteiger charge is 2.14. The van der Waals surface area contributed by atoms with Crippen LogP contribution in [0.3, 0.4) is 0 Å². The lowest BCUT2D eigenvalue weighted by molar-refractivity contribution is -1.08. The Kier molecular flexibility index (Phi) is 3.02. The van der Waals surface area contributed by atoms with E-state index in [-0.39, 0.29) is 0 Å². The van der Waals surface area contributed by atoms with E-state index in [1.54, 1.807) is 7.11 Å². The summed E-state index contributed by atoms with van der Waals surface area (Å²) in [5, 5.41) is 0. The number of hydrogen-bond donors (Lipinski definition) is 0. The van der Waals surface area contributed by atoms with Crippen LogP contribution in [0.2, 0.25) is 0 Å². The maximum Gasteiger partial charge on any atom is 0.106 e. The largest absolute Gasteiger partial charge is 0.206 e. The lowest BCUT2D eigenvalue weighted by Gasteiger charge is -2.26. The highest BCUT2D eigenvalue weighted by atomic mass is 16.7. The lowest BCUT2D eigenvalue weighted by Crippen LogP contribution is -2.42. The van der Waals surface area contributed by atoms with Gasteiger partial charge in [-0.1, -0.05) is 0 Å². The summed E-state index contributed by atoms with van der Waals surface area (Å²) in [4.78, 5) is 5.17. The summed E-state index contributed by atoms with van der Waals surface area (Å²) in [6.45, 7) is 6.31. The minimum Gasteiger partial charge on any atom is -0.206 e. The van der Waals surface area contributed by atoms with Crippen molar-refractivity contribution in [3.63, 3.8) is 0 Å². The highest BCUT2D eigenvalue weighted by Crippen LogP contribution is 1.98. The first-order valence-corrected chi connectivity index (χ1v) is 3.08. The van der Waals surface area contributed by atoms with Crippen molar-refractivity contribution in [3.8, 4) is 0 Å². The van der Waals surface area contributed by atoms with Crippen LogP contribution in [0.4, 0.5) is 0 Å². The quantitative estimate of drug-likeness (QED) is 0.397. The van der Waals surface area contributed by atoms with Gasteiger partial charge < -0.3 is 0 Å². The monoisotopic (exact) mass is 118 g/mol. The SMILES string of the molecule is CC[N+](C)(CC)OC. The van der Waals surface area contributed by atoms with E-state index in [2.05, 4.69) is 20.9 Å². The number of hydroxylamine groups is 3. The molecular formula is C6H16NO+. The third-order valence-corrected chi connectivity index (χ3v) is 1.78. The zero-order valence-corrected chi connectivity index (χ0v) is 6.27. The molecule has 0 unspecified atom stereocenters. The summed E-state index contributed by atoms with van der Waals surface area (Å²) in [5.74, 6) is 0. The number of rotatable bonds is 3. The highest BCUT2D eigenvalue weighted by molar-refractivity contribution is 4.12. The molecule has 0 aromatic carbocycles. The van der Waals surface area contributed by atoms with E-state index in [4.69, 9.17) is 4.84 Å². The molecule has 50 valence electrons. The molecule has 0 bridgehead atoms. The molecule has 0 aromatic rings. The van der Waals surface area contributed by atoms with E-state index in [9.17, 15) is 0 Å². The van der Waals surface area contributed by atoms with Crippen molar-refractivity contribution in [3.05, 3.63) is 0 Å². The molecule has 0 saturated heterocycles. The molecule has 0 heterocycles. The van der Waals surface area contributed by atoms with Crippen molar-refractivity contribution in [2.45, 2.75) is 13.8 Å². The number of nitrogens with zero attached hydrogens (tertiary/aromatic N) is 1. The Balaban J connectivity index is 3.58. The molecule has 0 spiro atoms. The first-order valence-electron chi connectivity index (χ1n) is 3.08. The maximum atomic E-state index is 5.17. The molecule has 0 aliphatic carbocycles. The maximum absolute atomic E-state index is 5.17. The van der Waals surface area contributed by atoms with Gasteiger partial charge in [-0.2, -0.15) is 4.65 Å². The van der Waals surface area contributed by atoms with Crippen LogP contribution in [0, 0.1) is 0 Å². The molecule has 0 aromatic heterocycles. The van der Waals surface area contributed by atoms with Crippen LogP contribution in [-0.4, -0.2) is 31.9 Å². The van der Waals surface area contributed by atoms with Gasteiger partial charge >= 0.3 is 0 Å². The van der Waals surface area contributed by atoms with Crippen molar-refractivity contribution in [2.24, 2.45) is 0 Å². The molecule has 2 nitrogen and oxygen atoms in total. The molecular weight excluding hydrogens is 102 g/mol. The second kappa shape index (κ2) is 3.05. The summed E-state index contributed by atoms with van der Waals surface area (Å²) in [6.07, 6.45) is 0. The van der Waals surface area contributed by atoms with Crippen LogP contribution in [0.25, 0.3) is 0 Å². The Morgan fingerprint density at radius 1 is 1.25 bits per heavy atom. The first kappa shape index (κ1) is 7.92. The van der Waals surface area contributed by atoms with Crippen LogP contribution < -0.4 is 0 Å². The Morgan fingerprint density at radius 2 is 1.62 bits per heavy atom. The van der Waals surface area contributed by atoms with Gasteiger partial charge in [-0.25, -0.2) is 4.84 Å². The molecule has 0 fully saturated rings. The average Bonchev–Trinajstić information content (AvgIpc) is 1.87. The first-order chi connectivity index (χ1) is 3.68. The van der Waals surface area contributed by atoms with Gasteiger partial charge in [-0.05, 0) is 13.8 Å². The number of quaternary nitrogens is 1. The van der Waals surface area contributed by atoms with Gasteiger partial charge in [0.15, 0.2) is 0 Å². The van der Waals surface area contributed by atoms with Crippen molar-refractivity contribution < 1.29 is 9.48 Å². The van der Waals surface area contributed by atoms with Crippen molar-refractivity contribution in [2.75, 3.05) is 27.2 Å². The molecule has 0 atom stereocenters. The van der Waals surface area contributed by atoms with E-state index in [1.807, 2.05) is 0 Å². The summed E-state index contributed by atoms with van der Waals surface area (Å²) in [5.41, 5.74) is 0. The standard InChI is InChI=1S/C6H16NO/c1-5-7(3,6-2)8-4/h5-6H2,1-4H3/q+1. The Morgan fingerprint density at radius 3 is 1.62 bits per heavy atom. The fourth-order valence-electron chi connectivity index (χ4n) is 0.482. The van der Waals surface area contributed by atoms with Gasteiger partial charge in [0.25, 0.3) is 0 Å². The summed E-state index contributed by atoms with van der Waals surface area (Å²) in [7, 11) is 3.81. The topological polar surface area (TPSA) is 9.23 Å². The second-order valence-corrected chi connectivity index (χ2v) is 2.11. The van der Waals surface area contributed by atoms with E-state index >= 15 is 0 Å². The molecule has 0 saturated carbocycles. The predicted octanol–water partition coefficient (Wildman–Crippen LogP) is 1.03. The Hall–Kier alpha value is -0.0800. The van der Waals surface area contributed by atoms with Crippen LogP contribution >= 0.6 is 0 Å². The lowest BCUT2D eigenvalue weighted by atomic mass is 10.5. The normalized spacial score (nSPS) is 12.0. The van der Waals surface area contributed by atoms with Gasteiger partial charge in [-0.15, -0.1) is 0 Å². The van der Waals surface area contributed by atoms with Gasteiger partial charge in [0, 0.05) is 0 Å². The van der Waals surface area contributed by atoms with Crippen molar-refractivity contribution in [1.82, 2.24) is 0 Å². The van der Waals surface area contributed by atoms with Crippen LogP contribution in [0.5, 0.6) is 0 Å². The minimum atomic E-state index is 0.708. The molecule has 0 radical (unpaired) electrons. The third-order valence-electron chi connectivity index (χ3n) is 1.78. The van der Waals surface area contributed by atoms with Gasteiger partial charge in [0.05, 0.1) is 14.2 Å². The van der Waals surface area contributed by atoms with Crippen molar-refractivity contribution in [1.29, 1.82) is 0 Å². The summed E-state index contributed by atoms with van der Waals surface area (Å²) < 4.78 is 0.708. The zero-order chi connectivity index (χ0) is 6.62. The van der Waals surface area contributed by atoms with E-state index in [1.165, 1.54) is 0 Å². The molecule has 2 heteroatoms. The van der Waals surface area contributed by atoms with Gasteiger partial charge in [-0.3, -0.25) is 0 Å².